The molecule has 6 heterocycles. The molecule has 1 N–H and O–H groups in total. The van der Waals surface area contributed by atoms with Crippen molar-refractivity contribution >= 4 is 40.4 Å². The molecule has 4 aromatic heterocycles. The summed E-state index contributed by atoms with van der Waals surface area (Å²) in [6.07, 6.45) is 9.85. The van der Waals surface area contributed by atoms with Crippen LogP contribution in [0.4, 0.5) is 5.82 Å². The van der Waals surface area contributed by atoms with Crippen LogP contribution in [-0.2, 0) is 13.0 Å². The molecule has 3 fully saturated rings. The quantitative estimate of drug-likeness (QED) is 0.163. The van der Waals surface area contributed by atoms with Crippen molar-refractivity contribution in [1.82, 2.24) is 35.3 Å². The number of thiophene rings is 1. The zero-order valence-corrected chi connectivity index (χ0v) is 35.0. The molecule has 59 heavy (non-hydrogen) atoms. The van der Waals surface area contributed by atoms with Gasteiger partial charge in [0.05, 0.1) is 24.3 Å². The molecule has 5 aromatic rings. The molecule has 2 aliphatic carbocycles. The van der Waals surface area contributed by atoms with Gasteiger partial charge < -0.3 is 15.0 Å². The minimum Gasteiger partial charge on any atom is -0.490 e. The number of aromatic nitrogens is 6. The van der Waals surface area contributed by atoms with Crippen LogP contribution in [0.2, 0.25) is 5.02 Å². The highest BCUT2D eigenvalue weighted by Gasteiger charge is 2.46. The van der Waals surface area contributed by atoms with E-state index in [2.05, 4.69) is 73.0 Å². The Morgan fingerprint density at radius 1 is 1.05 bits per heavy atom. The summed E-state index contributed by atoms with van der Waals surface area (Å²) in [5, 5.41) is 31.3. The summed E-state index contributed by atoms with van der Waals surface area (Å²) in [6, 6.07) is 15.5. The average molecular weight is 825 g/mol. The van der Waals surface area contributed by atoms with Crippen LogP contribution in [0.15, 0.2) is 53.7 Å². The SMILES string of the molecule is Cc1sc2c(c1C)C(c1ccc(C#CC3CC4(CCCN(c5ccc(C(=O)N[C@H]6CC[C@H](Oc7ccc(CC#N)c(Cl)c7)CC6)nn5)C4)C3)nc1)=NCc1nnc(C)n1-2. The molecule has 1 saturated heterocycles. The fraction of sp³-hybridized carbons (Fsp3) is 0.422. The topological polar surface area (TPSA) is 147 Å². The first-order chi connectivity index (χ1) is 28.6. The van der Waals surface area contributed by atoms with Crippen LogP contribution in [0.25, 0.3) is 5.00 Å². The summed E-state index contributed by atoms with van der Waals surface area (Å²) in [7, 11) is 0. The second kappa shape index (κ2) is 16.2. The Bertz CT molecular complexity index is 2530. The molecule has 0 atom stereocenters. The van der Waals surface area contributed by atoms with Crippen LogP contribution in [-0.4, -0.2) is 66.8 Å². The van der Waals surface area contributed by atoms with Gasteiger partial charge in [-0.15, -0.1) is 31.7 Å². The van der Waals surface area contributed by atoms with Crippen molar-refractivity contribution in [1.29, 1.82) is 5.26 Å². The number of halogens is 1. The Labute approximate surface area is 353 Å². The van der Waals surface area contributed by atoms with Crippen LogP contribution < -0.4 is 15.0 Å². The van der Waals surface area contributed by atoms with E-state index < -0.39 is 0 Å². The summed E-state index contributed by atoms with van der Waals surface area (Å²) < 4.78 is 8.30. The van der Waals surface area contributed by atoms with Crippen molar-refractivity contribution in [2.24, 2.45) is 16.3 Å². The van der Waals surface area contributed by atoms with E-state index in [1.54, 1.807) is 23.5 Å². The zero-order valence-electron chi connectivity index (χ0n) is 33.5. The van der Waals surface area contributed by atoms with E-state index in [1.807, 2.05) is 37.4 Å². The van der Waals surface area contributed by atoms with Gasteiger partial charge in [0, 0.05) is 52.3 Å². The number of nitrogens with zero attached hydrogens (tertiary/aromatic N) is 9. The van der Waals surface area contributed by atoms with Crippen LogP contribution in [0, 0.1) is 55.3 Å². The van der Waals surface area contributed by atoms with Gasteiger partial charge in [0.2, 0.25) is 0 Å². The highest BCUT2D eigenvalue weighted by molar-refractivity contribution is 7.15. The van der Waals surface area contributed by atoms with E-state index in [0.717, 1.165) is 109 Å². The number of benzene rings is 1. The van der Waals surface area contributed by atoms with Crippen molar-refractivity contribution in [3.05, 3.63) is 104 Å². The molecule has 12 nitrogen and oxygen atoms in total. The highest BCUT2D eigenvalue weighted by Crippen LogP contribution is 2.51. The number of nitrogens with one attached hydrogen (secondary N) is 1. The lowest BCUT2D eigenvalue weighted by atomic mass is 9.58. The molecule has 2 saturated carbocycles. The van der Waals surface area contributed by atoms with Gasteiger partial charge in [0.15, 0.2) is 17.3 Å². The number of anilines is 1. The number of ether oxygens (including phenoxy) is 1. The van der Waals surface area contributed by atoms with Gasteiger partial charge in [0.25, 0.3) is 5.91 Å². The van der Waals surface area contributed by atoms with E-state index in [1.165, 1.54) is 16.9 Å². The molecule has 4 aliphatic rings. The fourth-order valence-electron chi connectivity index (χ4n) is 9.11. The molecule has 2 aliphatic heterocycles. The molecular formula is C45H45ClN10O2S. The molecule has 0 radical (unpaired) electrons. The predicted molar refractivity (Wildman–Crippen MR) is 227 cm³/mol. The number of carbonyl (C=O) groups excluding carboxylic acids is 1. The second-order valence-electron chi connectivity index (χ2n) is 16.4. The Morgan fingerprint density at radius 2 is 1.90 bits per heavy atom. The number of hydrogen-bond acceptors (Lipinski definition) is 11. The molecule has 9 rings (SSSR count). The molecule has 14 heteroatoms. The third-order valence-corrected chi connectivity index (χ3v) is 13.9. The number of carbonyl (C=O) groups is 1. The van der Waals surface area contributed by atoms with Gasteiger partial charge in [-0.3, -0.25) is 14.4 Å². The summed E-state index contributed by atoms with van der Waals surface area (Å²) in [4.78, 5) is 26.5. The summed E-state index contributed by atoms with van der Waals surface area (Å²) >= 11 is 8.07. The van der Waals surface area contributed by atoms with E-state index in [4.69, 9.17) is 31.6 Å². The maximum absolute atomic E-state index is 13.1. The number of nitriles is 1. The standard InChI is InChI=1S/C45H45ClN10O2S/c1-27-28(2)59-44-41(27)42(49-25-40-54-51-29(3)56(40)44)32-6-9-33(48-24-32)8-5-30-22-45(23-30)18-4-20-55(26-45)39-16-15-38(52-53-39)43(57)50-34-10-13-35(14-11-34)58-36-12-7-31(17-19-47)37(46)21-36/h6-7,9,12,15-16,21,24,30,34-35H,4,10-11,13-14,17-18,20,22-23,25-26H2,1-3H3,(H,50,57)/t30?,34-,35-,45?. The molecule has 1 aromatic carbocycles. The maximum atomic E-state index is 13.1. The van der Waals surface area contributed by atoms with Crippen LogP contribution >= 0.6 is 22.9 Å². The van der Waals surface area contributed by atoms with Gasteiger partial charge in [-0.1, -0.05) is 23.6 Å². The third kappa shape index (κ3) is 7.94. The van der Waals surface area contributed by atoms with Crippen LogP contribution in [0.5, 0.6) is 5.75 Å². The smallest absolute Gasteiger partial charge is 0.272 e. The van der Waals surface area contributed by atoms with Gasteiger partial charge in [0.1, 0.15) is 28.8 Å². The molecule has 1 amide bonds. The lowest BCUT2D eigenvalue weighted by Crippen LogP contribution is -2.50. The summed E-state index contributed by atoms with van der Waals surface area (Å²) in [6.45, 7) is 8.60. The van der Waals surface area contributed by atoms with Crippen molar-refractivity contribution in [2.45, 2.75) is 97.2 Å². The van der Waals surface area contributed by atoms with Gasteiger partial charge in [-0.2, -0.15) is 5.26 Å². The van der Waals surface area contributed by atoms with Gasteiger partial charge in [-0.05, 0) is 131 Å². The van der Waals surface area contributed by atoms with Crippen molar-refractivity contribution in [2.75, 3.05) is 18.0 Å². The van der Waals surface area contributed by atoms with Crippen LogP contribution in [0.1, 0.15) is 106 Å². The molecular weight excluding hydrogens is 780 g/mol. The van der Waals surface area contributed by atoms with Crippen molar-refractivity contribution in [3.63, 3.8) is 0 Å². The minimum atomic E-state index is -0.200. The highest BCUT2D eigenvalue weighted by atomic mass is 35.5. The number of aliphatic imine (C=N–C) groups is 1. The number of rotatable bonds is 7. The second-order valence-corrected chi connectivity index (χ2v) is 18.0. The normalized spacial score (nSPS) is 22.1. The number of piperidine rings is 1. The molecule has 300 valence electrons. The largest absolute Gasteiger partial charge is 0.490 e. The Morgan fingerprint density at radius 3 is 2.64 bits per heavy atom. The Kier molecular flexibility index (Phi) is 10.7. The number of aryl methyl sites for hydroxylation is 2. The summed E-state index contributed by atoms with van der Waals surface area (Å²) in [5.74, 6) is 10.2. The van der Waals surface area contributed by atoms with E-state index >= 15 is 0 Å². The average Bonchev–Trinajstić information content (AvgIpc) is 3.69. The van der Waals surface area contributed by atoms with Crippen LogP contribution in [0.3, 0.4) is 0 Å². The van der Waals surface area contributed by atoms with E-state index in [-0.39, 0.29) is 29.9 Å². The molecule has 0 unspecified atom stereocenters. The van der Waals surface area contributed by atoms with Gasteiger partial charge >= 0.3 is 0 Å². The monoisotopic (exact) mass is 824 g/mol. The molecule has 0 bridgehead atoms. The predicted octanol–water partition coefficient (Wildman–Crippen LogP) is 7.68. The summed E-state index contributed by atoms with van der Waals surface area (Å²) in [5.41, 5.74) is 6.38. The van der Waals surface area contributed by atoms with Crippen molar-refractivity contribution < 1.29 is 9.53 Å². The lowest BCUT2D eigenvalue weighted by Gasteiger charge is -2.51. The number of amides is 1. The maximum Gasteiger partial charge on any atom is 0.272 e. The van der Waals surface area contributed by atoms with Gasteiger partial charge in [-0.25, -0.2) is 4.98 Å². The first-order valence-electron chi connectivity index (χ1n) is 20.4. The van der Waals surface area contributed by atoms with E-state index in [0.29, 0.717) is 28.9 Å². The lowest BCUT2D eigenvalue weighted by molar-refractivity contribution is 0.0684. The zero-order chi connectivity index (χ0) is 40.7. The van der Waals surface area contributed by atoms with E-state index in [9.17, 15) is 4.79 Å². The Hall–Kier alpha value is -5.63. The fourth-order valence-corrected chi connectivity index (χ4v) is 10.6. The minimum absolute atomic E-state index is 0.0502. The van der Waals surface area contributed by atoms with Crippen molar-refractivity contribution in [3.8, 4) is 28.7 Å². The molecule has 1 spiro atoms. The number of pyridine rings is 1. The Balaban J connectivity index is 0.758. The first kappa shape index (κ1) is 38.9. The number of fused-ring (bicyclic) bond motifs is 3. The number of hydrogen-bond donors (Lipinski definition) is 1. The third-order valence-electron chi connectivity index (χ3n) is 12.4. The first-order valence-corrected chi connectivity index (χ1v) is 21.6.